The third kappa shape index (κ3) is 6.86. The molecule has 0 radical (unpaired) electrons. The molecular formula is C17H30N6O4S. The zero-order chi connectivity index (χ0) is 20.7. The molecule has 0 aromatic carbocycles. The van der Waals surface area contributed by atoms with E-state index in [-0.39, 0.29) is 36.2 Å². The van der Waals surface area contributed by atoms with Crippen molar-refractivity contribution in [2.45, 2.75) is 45.2 Å². The maximum absolute atomic E-state index is 12.3. The summed E-state index contributed by atoms with van der Waals surface area (Å²) in [5.41, 5.74) is 0. The van der Waals surface area contributed by atoms with Crippen molar-refractivity contribution in [3.63, 3.8) is 0 Å². The van der Waals surface area contributed by atoms with Crippen LogP contribution >= 0.6 is 0 Å². The first-order chi connectivity index (χ1) is 13.2. The van der Waals surface area contributed by atoms with E-state index in [0.717, 1.165) is 19.1 Å². The van der Waals surface area contributed by atoms with Gasteiger partial charge in [0.05, 0.1) is 18.7 Å². The Bertz CT molecular complexity index is 744. The van der Waals surface area contributed by atoms with Crippen molar-refractivity contribution in [1.82, 2.24) is 29.7 Å². The van der Waals surface area contributed by atoms with Gasteiger partial charge < -0.3 is 10.6 Å². The molecule has 0 bridgehead atoms. The summed E-state index contributed by atoms with van der Waals surface area (Å²) in [5.74, 6) is -0.378. The van der Waals surface area contributed by atoms with Crippen molar-refractivity contribution < 1.29 is 18.0 Å². The minimum absolute atomic E-state index is 0.0211. The molecule has 28 heavy (non-hydrogen) atoms. The topological polar surface area (TPSA) is 126 Å². The zero-order valence-corrected chi connectivity index (χ0v) is 17.5. The van der Waals surface area contributed by atoms with Crippen molar-refractivity contribution in [3.05, 3.63) is 12.7 Å². The lowest BCUT2D eigenvalue weighted by atomic mass is 9.85. The van der Waals surface area contributed by atoms with Crippen LogP contribution in [0.25, 0.3) is 0 Å². The Morgan fingerprint density at radius 1 is 1.29 bits per heavy atom. The SMILES string of the molecule is CC(Cn1cncn1)C(=O)NC1CCC(C(=O)NCCN(C)S(C)(=O)=O)CC1. The summed E-state index contributed by atoms with van der Waals surface area (Å²) in [4.78, 5) is 28.5. The van der Waals surface area contributed by atoms with Crippen molar-refractivity contribution in [1.29, 1.82) is 0 Å². The Kier molecular flexibility index (Phi) is 7.93. The second kappa shape index (κ2) is 9.97. The van der Waals surface area contributed by atoms with E-state index in [9.17, 15) is 18.0 Å². The van der Waals surface area contributed by atoms with E-state index >= 15 is 0 Å². The fraction of sp³-hybridized carbons (Fsp3) is 0.765. The normalized spacial score (nSPS) is 21.3. The van der Waals surface area contributed by atoms with Gasteiger partial charge in [0.2, 0.25) is 21.8 Å². The standard InChI is InChI=1S/C17H30N6O4S/c1-13(10-23-12-18-11-20-23)16(24)21-15-6-4-14(5-7-15)17(25)19-8-9-22(2)28(3,26)27/h11-15H,4-10H2,1-3H3,(H,19,25)(H,21,24). The summed E-state index contributed by atoms with van der Waals surface area (Å²) in [6, 6.07) is 0.0751. The fourth-order valence-corrected chi connectivity index (χ4v) is 3.60. The Morgan fingerprint density at radius 3 is 2.54 bits per heavy atom. The molecule has 1 unspecified atom stereocenters. The van der Waals surface area contributed by atoms with Crippen LogP contribution in [0.1, 0.15) is 32.6 Å². The van der Waals surface area contributed by atoms with E-state index in [2.05, 4.69) is 20.7 Å². The number of likely N-dealkylation sites (N-methyl/N-ethyl adjacent to an activating group) is 1. The van der Waals surface area contributed by atoms with Crippen LogP contribution in [0, 0.1) is 11.8 Å². The molecule has 0 aliphatic heterocycles. The molecule has 1 aromatic rings. The van der Waals surface area contributed by atoms with E-state index in [1.165, 1.54) is 17.7 Å². The van der Waals surface area contributed by atoms with Crippen LogP contribution in [0.3, 0.4) is 0 Å². The van der Waals surface area contributed by atoms with E-state index in [0.29, 0.717) is 25.9 Å². The molecule has 2 amide bonds. The molecule has 1 aromatic heterocycles. The number of sulfonamides is 1. The summed E-state index contributed by atoms with van der Waals surface area (Å²) in [6.07, 6.45) is 7.08. The maximum atomic E-state index is 12.3. The van der Waals surface area contributed by atoms with Crippen LogP contribution in [0.4, 0.5) is 0 Å². The Labute approximate surface area is 166 Å². The number of aromatic nitrogens is 3. The summed E-state index contributed by atoms with van der Waals surface area (Å²) in [7, 11) is -1.75. The molecule has 10 nitrogen and oxygen atoms in total. The monoisotopic (exact) mass is 414 g/mol. The molecule has 0 spiro atoms. The summed E-state index contributed by atoms with van der Waals surface area (Å²) in [5, 5.41) is 9.87. The van der Waals surface area contributed by atoms with Gasteiger partial charge in [0.25, 0.3) is 0 Å². The molecule has 1 saturated carbocycles. The first-order valence-electron chi connectivity index (χ1n) is 9.48. The number of hydrogen-bond donors (Lipinski definition) is 2. The number of hydrogen-bond acceptors (Lipinski definition) is 6. The van der Waals surface area contributed by atoms with Gasteiger partial charge in [-0.3, -0.25) is 14.3 Å². The zero-order valence-electron chi connectivity index (χ0n) is 16.7. The molecule has 1 atom stereocenters. The van der Waals surface area contributed by atoms with E-state index in [4.69, 9.17) is 0 Å². The number of carbonyl (C=O) groups is 2. The quantitative estimate of drug-likeness (QED) is 0.566. The highest BCUT2D eigenvalue weighted by Gasteiger charge is 2.28. The lowest BCUT2D eigenvalue weighted by Gasteiger charge is -2.29. The van der Waals surface area contributed by atoms with Crippen LogP contribution in [0.2, 0.25) is 0 Å². The minimum Gasteiger partial charge on any atom is -0.355 e. The van der Waals surface area contributed by atoms with Gasteiger partial charge >= 0.3 is 0 Å². The first kappa shape index (κ1) is 22.3. The lowest BCUT2D eigenvalue weighted by molar-refractivity contribution is -0.126. The van der Waals surface area contributed by atoms with Crippen molar-refractivity contribution in [2.75, 3.05) is 26.4 Å². The van der Waals surface area contributed by atoms with Gasteiger partial charge in [-0.15, -0.1) is 0 Å². The molecular weight excluding hydrogens is 384 g/mol. The summed E-state index contributed by atoms with van der Waals surface area (Å²) in [6.45, 7) is 2.87. The van der Waals surface area contributed by atoms with E-state index < -0.39 is 10.0 Å². The summed E-state index contributed by atoms with van der Waals surface area (Å²) >= 11 is 0. The number of rotatable bonds is 9. The Hall–Kier alpha value is -2.01. The Balaban J connectivity index is 1.67. The van der Waals surface area contributed by atoms with Crippen molar-refractivity contribution in [2.24, 2.45) is 11.8 Å². The Morgan fingerprint density at radius 2 is 1.96 bits per heavy atom. The average Bonchev–Trinajstić information content (AvgIpc) is 3.14. The largest absolute Gasteiger partial charge is 0.355 e. The average molecular weight is 415 g/mol. The highest BCUT2D eigenvalue weighted by molar-refractivity contribution is 7.88. The van der Waals surface area contributed by atoms with Gasteiger partial charge in [-0.25, -0.2) is 17.7 Å². The van der Waals surface area contributed by atoms with Crippen LogP contribution in [-0.2, 0) is 26.2 Å². The fourth-order valence-electron chi connectivity index (χ4n) is 3.18. The number of carbonyl (C=O) groups excluding carboxylic acids is 2. The maximum Gasteiger partial charge on any atom is 0.224 e. The van der Waals surface area contributed by atoms with Gasteiger partial charge in [-0.05, 0) is 25.7 Å². The lowest BCUT2D eigenvalue weighted by Crippen LogP contribution is -2.44. The molecule has 2 rings (SSSR count). The van der Waals surface area contributed by atoms with Crippen LogP contribution < -0.4 is 10.6 Å². The van der Waals surface area contributed by atoms with Crippen molar-refractivity contribution in [3.8, 4) is 0 Å². The molecule has 0 saturated heterocycles. The molecule has 1 aliphatic rings. The van der Waals surface area contributed by atoms with Gasteiger partial charge in [0.1, 0.15) is 12.7 Å². The predicted octanol–water partition coefficient (Wildman–Crippen LogP) is -0.403. The molecule has 1 heterocycles. The van der Waals surface area contributed by atoms with E-state index in [1.807, 2.05) is 6.92 Å². The molecule has 1 fully saturated rings. The van der Waals surface area contributed by atoms with Gasteiger partial charge in [0, 0.05) is 32.1 Å². The molecule has 1 aliphatic carbocycles. The smallest absolute Gasteiger partial charge is 0.224 e. The minimum atomic E-state index is -3.24. The van der Waals surface area contributed by atoms with Crippen molar-refractivity contribution >= 4 is 21.8 Å². The third-order valence-corrected chi connectivity index (χ3v) is 6.43. The second-order valence-electron chi connectivity index (χ2n) is 7.45. The van der Waals surface area contributed by atoms with Gasteiger partial charge in [0.15, 0.2) is 0 Å². The van der Waals surface area contributed by atoms with Crippen LogP contribution in [-0.4, -0.2) is 71.7 Å². The second-order valence-corrected chi connectivity index (χ2v) is 9.54. The summed E-state index contributed by atoms with van der Waals surface area (Å²) < 4.78 is 25.5. The highest BCUT2D eigenvalue weighted by atomic mass is 32.2. The molecule has 11 heteroatoms. The van der Waals surface area contributed by atoms with Crippen LogP contribution in [0.15, 0.2) is 12.7 Å². The van der Waals surface area contributed by atoms with Crippen LogP contribution in [0.5, 0.6) is 0 Å². The van der Waals surface area contributed by atoms with Gasteiger partial charge in [-0.2, -0.15) is 5.10 Å². The number of nitrogens with one attached hydrogen (secondary N) is 2. The number of amides is 2. The predicted molar refractivity (Wildman–Crippen MR) is 104 cm³/mol. The highest BCUT2D eigenvalue weighted by Crippen LogP contribution is 2.24. The molecule has 2 N–H and O–H groups in total. The third-order valence-electron chi connectivity index (χ3n) is 5.11. The first-order valence-corrected chi connectivity index (χ1v) is 11.3. The van der Waals surface area contributed by atoms with Gasteiger partial charge in [-0.1, -0.05) is 6.92 Å². The van der Waals surface area contributed by atoms with E-state index in [1.54, 1.807) is 11.0 Å². The molecule has 158 valence electrons. The number of nitrogens with zero attached hydrogens (tertiary/aromatic N) is 4.